The van der Waals surface area contributed by atoms with Crippen molar-refractivity contribution in [2.75, 3.05) is 25.5 Å². The van der Waals surface area contributed by atoms with Gasteiger partial charge in [-0.15, -0.1) is 19.0 Å². The number of benzene rings is 2. The molecule has 1 unspecified atom stereocenters. The van der Waals surface area contributed by atoms with Crippen molar-refractivity contribution in [3.8, 4) is 0 Å². The van der Waals surface area contributed by atoms with Crippen LogP contribution in [0.5, 0.6) is 0 Å². The summed E-state index contributed by atoms with van der Waals surface area (Å²) < 4.78 is 15.2. The summed E-state index contributed by atoms with van der Waals surface area (Å²) >= 11 is 0.825. The van der Waals surface area contributed by atoms with Gasteiger partial charge in [-0.25, -0.2) is 4.39 Å². The number of thioether (sulfide) groups is 1. The number of quaternary nitrogens is 1. The van der Waals surface area contributed by atoms with Crippen LogP contribution in [0.25, 0.3) is 10.7 Å². The smallest absolute Gasteiger partial charge is 0.651 e. The van der Waals surface area contributed by atoms with E-state index >= 15 is 4.39 Å². The Labute approximate surface area is 395 Å². The molecule has 2 atom stereocenters. The van der Waals surface area contributed by atoms with Gasteiger partial charge in [0, 0.05) is 33.9 Å². The third-order valence-electron chi connectivity index (χ3n) is 8.12. The van der Waals surface area contributed by atoms with Crippen LogP contribution in [0.4, 0.5) is 15.8 Å². The van der Waals surface area contributed by atoms with Crippen molar-refractivity contribution < 1.29 is 127 Å². The second kappa shape index (κ2) is 26.3. The van der Waals surface area contributed by atoms with E-state index < -0.39 is 29.2 Å². The molecule has 0 radical (unpaired) electrons. The number of carbonyl (C=O) groups excluding carboxylic acids is 2. The molecule has 1 aliphatic rings. The Bertz CT molecular complexity index is 1510. The van der Waals surface area contributed by atoms with E-state index in [1.807, 2.05) is 49.6 Å². The Morgan fingerprint density at radius 3 is 2.39 bits per heavy atom. The van der Waals surface area contributed by atoms with Gasteiger partial charge < -0.3 is 37.7 Å². The normalized spacial score (nSPS) is 14.3. The zero-order valence-electron chi connectivity index (χ0n) is 30.3. The molecule has 3 rings (SSSR count). The first kappa shape index (κ1) is 50.5. The molecule has 0 saturated heterocycles. The van der Waals surface area contributed by atoms with Gasteiger partial charge in [0.2, 0.25) is 5.91 Å². The number of nitro groups is 1. The third-order valence-corrected chi connectivity index (χ3v) is 9.09. The molecule has 268 valence electrons. The predicted octanol–water partition coefficient (Wildman–Crippen LogP) is -0.634. The van der Waals surface area contributed by atoms with E-state index in [9.17, 15) is 25.1 Å². The number of nitrogens with one attached hydrogen (secondary N) is 3. The number of amides is 2. The Morgan fingerprint density at radius 2 is 1.80 bits per heavy atom. The fraction of sp³-hybridized carbons (Fsp3) is 0.441. The van der Waals surface area contributed by atoms with Crippen molar-refractivity contribution in [3.05, 3.63) is 98.1 Å². The molecule has 0 aromatic heterocycles. The van der Waals surface area contributed by atoms with Crippen molar-refractivity contribution in [3.63, 3.8) is 0 Å². The molecule has 17 heteroatoms. The number of nitrogens with zero attached hydrogens (tertiary/aromatic N) is 3. The second-order valence-corrected chi connectivity index (χ2v) is 13.1. The first-order valence-electron chi connectivity index (χ1n) is 16.1. The molecule has 1 aliphatic carbocycles. The number of nitrogens with two attached hydrogens (primary N) is 2. The van der Waals surface area contributed by atoms with Crippen molar-refractivity contribution in [2.45, 2.75) is 70.0 Å². The Hall–Kier alpha value is -0.547. The number of hydrogen-bond donors (Lipinski definition) is 5. The summed E-state index contributed by atoms with van der Waals surface area (Å²) in [6.07, 6.45) is 7.37. The van der Waals surface area contributed by atoms with Crippen LogP contribution in [0.15, 0.2) is 71.0 Å². The zero-order valence-corrected chi connectivity index (χ0v) is 38.2. The Morgan fingerprint density at radius 1 is 1.16 bits per heavy atom. The average Bonchev–Trinajstić information content (AvgIpc) is 3.61. The zero-order chi connectivity index (χ0) is 35.2. The molecular weight excluding hydrogens is 749 g/mol. The number of nitro benzene ring substituents is 1. The molecule has 2 aromatic rings. The number of halogens is 2. The van der Waals surface area contributed by atoms with Crippen LogP contribution in [0, 0.1) is 22.0 Å². The summed E-state index contributed by atoms with van der Waals surface area (Å²) in [7, 11) is 1.49. The molecule has 0 heterocycles. The molecule has 12 nitrogen and oxygen atoms in total. The quantitative estimate of drug-likeness (QED) is 0.0284. The van der Waals surface area contributed by atoms with Gasteiger partial charge in [0.05, 0.1) is 23.2 Å². The molecule has 1 saturated carbocycles. The summed E-state index contributed by atoms with van der Waals surface area (Å²) in [6, 6.07) is 10.6. The van der Waals surface area contributed by atoms with Crippen LogP contribution >= 0.6 is 24.2 Å². The van der Waals surface area contributed by atoms with Gasteiger partial charge in [-0.2, -0.15) is 0 Å². The fourth-order valence-electron chi connectivity index (χ4n) is 4.98. The molecule has 51 heavy (non-hydrogen) atoms. The van der Waals surface area contributed by atoms with Gasteiger partial charge >= 0.3 is 103 Å². The van der Waals surface area contributed by atoms with Gasteiger partial charge in [0.1, 0.15) is 12.4 Å². The average molecular weight is 797 g/mol. The maximum atomic E-state index is 15.2. The molecule has 7 N–H and O–H groups in total. The minimum atomic E-state index is -0.703. The summed E-state index contributed by atoms with van der Waals surface area (Å²) in [5.41, 5.74) is 8.20. The largest absolute Gasteiger partial charge is 1.00 e. The molecule has 1 fully saturated rings. The number of allylic oxidation sites excluding steroid dienone is 2. The minimum absolute atomic E-state index is 0. The van der Waals surface area contributed by atoms with E-state index in [0.29, 0.717) is 18.8 Å². The van der Waals surface area contributed by atoms with Crippen LogP contribution in [-0.2, 0) is 11.3 Å². The van der Waals surface area contributed by atoms with Gasteiger partial charge in [-0.1, -0.05) is 70.6 Å². The minimum Gasteiger partial charge on any atom is -0.651 e. The maximum absolute atomic E-state index is 15.2. The van der Waals surface area contributed by atoms with Gasteiger partial charge in [0.15, 0.2) is 0 Å². The van der Waals surface area contributed by atoms with Crippen LogP contribution in [0.2, 0.25) is 0 Å². The van der Waals surface area contributed by atoms with E-state index in [2.05, 4.69) is 21.3 Å². The van der Waals surface area contributed by atoms with Gasteiger partial charge in [-0.3, -0.25) is 19.7 Å². The number of amidine groups is 1. The molecular formula is C34H47ClFK2N8O4S+. The molecule has 0 bridgehead atoms. The Kier molecular flexibility index (Phi) is 26.0. The fourth-order valence-corrected chi connectivity index (χ4v) is 5.69. The molecule has 2 aromatic carbocycles. The van der Waals surface area contributed by atoms with E-state index in [1.54, 1.807) is 6.92 Å². The number of non-ortho nitro benzene ring substituents is 1. The monoisotopic (exact) mass is 795 g/mol. The number of carbonyl (C=O) groups is 2. The summed E-state index contributed by atoms with van der Waals surface area (Å²) in [5.74, 6) is -0.970. The SMILES string of the molecule is CNC(=[N-])Sc1ccc([N+](=O)[O-])cc1C(=O)NC/C(F)=C\C(=C/[NH2+]Cc1ccc(NC(=O)[C@H](C)[N-]CC(N)C(C)C)cc1)C1CCCC1.Cl.[K+].[K+]. The number of rotatable bonds is 16. The predicted molar refractivity (Wildman–Crippen MR) is 196 cm³/mol. The molecule has 2 amide bonds. The summed E-state index contributed by atoms with van der Waals surface area (Å²) in [6.45, 7) is 6.41. The second-order valence-electron chi connectivity index (χ2n) is 12.1. The van der Waals surface area contributed by atoms with Crippen molar-refractivity contribution in [1.82, 2.24) is 10.6 Å². The van der Waals surface area contributed by atoms with E-state index in [0.717, 1.165) is 54.6 Å². The summed E-state index contributed by atoms with van der Waals surface area (Å²) in [4.78, 5) is 36.4. The Balaban J connectivity index is 0.00000833. The molecule has 0 spiro atoms. The third kappa shape index (κ3) is 17.6. The maximum Gasteiger partial charge on any atom is 1.00 e. The van der Waals surface area contributed by atoms with Crippen molar-refractivity contribution in [2.24, 2.45) is 17.6 Å². The van der Waals surface area contributed by atoms with Crippen LogP contribution < -0.4 is 130 Å². The standard InChI is InChI=1S/C34H45FN8O4S.ClH.2K/c1-21(2)30(36)20-40-22(3)32(44)42-27-11-9-23(10-12-27)17-39-18-25(24-7-5-6-8-24)15-26(35)19-41-33(45)29-16-28(43(46)47)13-14-31(29)48-34(37)38-4;;;/h9-16,18,21-22,24,30,39H,5-8,17,19-20,36H2,1-4H3,(H3-,37,38,41,42,44,45);1H;;/q-2;;2*+1/p+1/b25-18+,26-15+;;;/t22-,30?;;;/m0.../s1. The first-order valence-corrected chi connectivity index (χ1v) is 16.9. The van der Waals surface area contributed by atoms with Crippen LogP contribution in [-0.4, -0.2) is 54.1 Å². The van der Waals surface area contributed by atoms with Crippen LogP contribution in [0.1, 0.15) is 62.4 Å². The number of hydrogen-bond acceptors (Lipinski definition) is 6. The first-order chi connectivity index (χ1) is 22.9. The summed E-state index contributed by atoms with van der Waals surface area (Å²) in [5, 5.41) is 35.2. The van der Waals surface area contributed by atoms with Gasteiger partial charge in [0.25, 0.3) is 11.6 Å². The van der Waals surface area contributed by atoms with E-state index in [4.69, 9.17) is 5.73 Å². The van der Waals surface area contributed by atoms with Crippen LogP contribution in [0.3, 0.4) is 0 Å². The van der Waals surface area contributed by atoms with E-state index in [-0.39, 0.29) is 160 Å². The topological polar surface area (TPSA) is 192 Å². The molecule has 0 aliphatic heterocycles. The number of anilines is 1. The van der Waals surface area contributed by atoms with Crippen molar-refractivity contribution in [1.29, 1.82) is 0 Å². The van der Waals surface area contributed by atoms with E-state index in [1.165, 1.54) is 25.3 Å². The van der Waals surface area contributed by atoms with Crippen molar-refractivity contribution >= 4 is 52.5 Å². The van der Waals surface area contributed by atoms with Gasteiger partial charge in [-0.05, 0) is 60.2 Å².